The van der Waals surface area contributed by atoms with Crippen molar-refractivity contribution in [1.29, 1.82) is 0 Å². The SMILES string of the molecule is Cc1ccc2cc(-c3ccc(OC4CCN(C(=O)C5CCCO5)CC4)cc3)cnc2c1. The zero-order valence-electron chi connectivity index (χ0n) is 17.9. The van der Waals surface area contributed by atoms with E-state index in [1.54, 1.807) is 0 Å². The number of aryl methyl sites for hydroxylation is 1. The van der Waals surface area contributed by atoms with Gasteiger partial charge in [0, 0.05) is 49.7 Å². The molecular formula is C26H28N2O3. The second kappa shape index (κ2) is 8.67. The summed E-state index contributed by atoms with van der Waals surface area (Å²) in [6, 6.07) is 16.7. The summed E-state index contributed by atoms with van der Waals surface area (Å²) < 4.78 is 11.7. The minimum absolute atomic E-state index is 0.143. The van der Waals surface area contributed by atoms with Crippen molar-refractivity contribution in [1.82, 2.24) is 9.88 Å². The van der Waals surface area contributed by atoms with Gasteiger partial charge in [-0.1, -0.05) is 24.3 Å². The lowest BCUT2D eigenvalue weighted by Gasteiger charge is -2.33. The maximum atomic E-state index is 12.5. The van der Waals surface area contributed by atoms with Gasteiger partial charge in [0.2, 0.25) is 0 Å². The van der Waals surface area contributed by atoms with Gasteiger partial charge < -0.3 is 14.4 Å². The number of nitrogens with zero attached hydrogens (tertiary/aromatic N) is 2. The third-order valence-electron chi connectivity index (χ3n) is 6.29. The second-order valence-electron chi connectivity index (χ2n) is 8.59. The van der Waals surface area contributed by atoms with E-state index in [0.717, 1.165) is 66.6 Å². The predicted molar refractivity (Wildman–Crippen MR) is 121 cm³/mol. The zero-order chi connectivity index (χ0) is 21.2. The van der Waals surface area contributed by atoms with Crippen LogP contribution in [0.5, 0.6) is 5.75 Å². The van der Waals surface area contributed by atoms with E-state index in [0.29, 0.717) is 6.61 Å². The quantitative estimate of drug-likeness (QED) is 0.615. The van der Waals surface area contributed by atoms with E-state index in [9.17, 15) is 4.79 Å². The Morgan fingerprint density at radius 3 is 2.58 bits per heavy atom. The molecule has 2 aromatic carbocycles. The lowest BCUT2D eigenvalue weighted by molar-refractivity contribution is -0.142. The van der Waals surface area contributed by atoms with E-state index >= 15 is 0 Å². The van der Waals surface area contributed by atoms with E-state index in [1.165, 1.54) is 5.56 Å². The van der Waals surface area contributed by atoms with E-state index in [4.69, 9.17) is 9.47 Å². The van der Waals surface area contributed by atoms with Gasteiger partial charge in [-0.3, -0.25) is 9.78 Å². The summed E-state index contributed by atoms with van der Waals surface area (Å²) in [7, 11) is 0. The van der Waals surface area contributed by atoms with Crippen LogP contribution in [0.4, 0.5) is 0 Å². The molecule has 5 heteroatoms. The molecule has 5 rings (SSSR count). The molecule has 2 aliphatic heterocycles. The molecule has 0 bridgehead atoms. The van der Waals surface area contributed by atoms with Gasteiger partial charge in [-0.15, -0.1) is 0 Å². The van der Waals surface area contributed by atoms with Gasteiger partial charge in [-0.25, -0.2) is 0 Å². The minimum Gasteiger partial charge on any atom is -0.490 e. The van der Waals surface area contributed by atoms with Crippen molar-refractivity contribution >= 4 is 16.8 Å². The fourth-order valence-corrected chi connectivity index (χ4v) is 4.48. The largest absolute Gasteiger partial charge is 0.490 e. The van der Waals surface area contributed by atoms with Crippen LogP contribution in [0.25, 0.3) is 22.0 Å². The molecule has 3 heterocycles. The highest BCUT2D eigenvalue weighted by molar-refractivity contribution is 5.84. The van der Waals surface area contributed by atoms with Crippen LogP contribution < -0.4 is 4.74 Å². The molecule has 0 aliphatic carbocycles. The van der Waals surface area contributed by atoms with Crippen molar-refractivity contribution in [2.45, 2.75) is 44.8 Å². The first-order valence-electron chi connectivity index (χ1n) is 11.2. The number of amides is 1. The Hall–Kier alpha value is -2.92. The fourth-order valence-electron chi connectivity index (χ4n) is 4.48. The summed E-state index contributed by atoms with van der Waals surface area (Å²) in [5.74, 6) is 1.02. The lowest BCUT2D eigenvalue weighted by Crippen LogP contribution is -2.45. The van der Waals surface area contributed by atoms with Crippen LogP contribution in [0.1, 0.15) is 31.2 Å². The Bertz CT molecular complexity index is 1070. The summed E-state index contributed by atoms with van der Waals surface area (Å²) in [6.07, 6.45) is 5.40. The van der Waals surface area contributed by atoms with Gasteiger partial charge in [-0.2, -0.15) is 0 Å². The molecule has 1 amide bonds. The summed E-state index contributed by atoms with van der Waals surface area (Å²) in [4.78, 5) is 19.0. The highest BCUT2D eigenvalue weighted by atomic mass is 16.5. The van der Waals surface area contributed by atoms with Crippen LogP contribution in [0, 0.1) is 6.92 Å². The van der Waals surface area contributed by atoms with Crippen LogP contribution in [0.15, 0.2) is 54.7 Å². The van der Waals surface area contributed by atoms with Gasteiger partial charge in [-0.05, 0) is 55.2 Å². The standard InChI is InChI=1S/C26H28N2O3/c1-18-4-5-20-16-21(17-27-24(20)15-18)19-6-8-22(9-7-19)31-23-10-12-28(13-11-23)26(29)25-3-2-14-30-25/h4-9,15-17,23,25H,2-3,10-14H2,1H3. The molecule has 160 valence electrons. The van der Waals surface area contributed by atoms with Gasteiger partial charge in [0.1, 0.15) is 18.0 Å². The molecule has 2 aliphatic rings. The van der Waals surface area contributed by atoms with Crippen LogP contribution in [-0.2, 0) is 9.53 Å². The number of aromatic nitrogens is 1. The van der Waals surface area contributed by atoms with Crippen LogP contribution >= 0.6 is 0 Å². The number of rotatable bonds is 4. The van der Waals surface area contributed by atoms with Crippen molar-refractivity contribution in [2.24, 2.45) is 0 Å². The Labute approximate surface area is 183 Å². The molecule has 1 aromatic heterocycles. The minimum atomic E-state index is -0.223. The molecular weight excluding hydrogens is 388 g/mol. The first-order valence-corrected chi connectivity index (χ1v) is 11.2. The molecule has 5 nitrogen and oxygen atoms in total. The van der Waals surface area contributed by atoms with Crippen LogP contribution in [0.3, 0.4) is 0 Å². The molecule has 2 fully saturated rings. The number of hydrogen-bond donors (Lipinski definition) is 0. The third kappa shape index (κ3) is 4.42. The number of fused-ring (bicyclic) bond motifs is 1. The molecule has 1 atom stereocenters. The number of piperidine rings is 1. The Balaban J connectivity index is 1.19. The number of pyridine rings is 1. The summed E-state index contributed by atoms with van der Waals surface area (Å²) in [5, 5.41) is 1.15. The van der Waals surface area contributed by atoms with Gasteiger partial charge in [0.05, 0.1) is 5.52 Å². The number of carbonyl (C=O) groups excluding carboxylic acids is 1. The Kier molecular flexibility index (Phi) is 5.60. The maximum absolute atomic E-state index is 12.5. The van der Waals surface area contributed by atoms with Crippen molar-refractivity contribution in [2.75, 3.05) is 19.7 Å². The smallest absolute Gasteiger partial charge is 0.251 e. The third-order valence-corrected chi connectivity index (χ3v) is 6.29. The summed E-state index contributed by atoms with van der Waals surface area (Å²) in [6.45, 7) is 4.27. The molecule has 0 spiro atoms. The number of likely N-dealkylation sites (tertiary alicyclic amines) is 1. The average molecular weight is 417 g/mol. The lowest BCUT2D eigenvalue weighted by atomic mass is 10.0. The van der Waals surface area contributed by atoms with E-state index < -0.39 is 0 Å². The maximum Gasteiger partial charge on any atom is 0.251 e. The topological polar surface area (TPSA) is 51.7 Å². The monoisotopic (exact) mass is 416 g/mol. The molecule has 0 saturated carbocycles. The molecule has 31 heavy (non-hydrogen) atoms. The molecule has 0 radical (unpaired) electrons. The van der Waals surface area contributed by atoms with Crippen molar-refractivity contribution < 1.29 is 14.3 Å². The molecule has 1 unspecified atom stereocenters. The van der Waals surface area contributed by atoms with E-state index in [-0.39, 0.29) is 18.1 Å². The van der Waals surface area contributed by atoms with E-state index in [2.05, 4.69) is 48.3 Å². The normalized spacial score (nSPS) is 19.6. The van der Waals surface area contributed by atoms with Crippen LogP contribution in [0.2, 0.25) is 0 Å². The van der Waals surface area contributed by atoms with Crippen molar-refractivity contribution in [3.63, 3.8) is 0 Å². The highest BCUT2D eigenvalue weighted by Crippen LogP contribution is 2.27. The molecule has 2 saturated heterocycles. The summed E-state index contributed by atoms with van der Waals surface area (Å²) in [5.41, 5.74) is 4.47. The van der Waals surface area contributed by atoms with Gasteiger partial charge >= 0.3 is 0 Å². The number of hydrogen-bond acceptors (Lipinski definition) is 4. The number of carbonyl (C=O) groups is 1. The zero-order valence-corrected chi connectivity index (χ0v) is 17.9. The first kappa shape index (κ1) is 20.0. The molecule has 3 aromatic rings. The van der Waals surface area contributed by atoms with Crippen LogP contribution in [-0.4, -0.2) is 47.7 Å². The second-order valence-corrected chi connectivity index (χ2v) is 8.59. The van der Waals surface area contributed by atoms with Gasteiger partial charge in [0.25, 0.3) is 5.91 Å². The first-order chi connectivity index (χ1) is 15.2. The number of benzene rings is 2. The Morgan fingerprint density at radius 2 is 1.84 bits per heavy atom. The summed E-state index contributed by atoms with van der Waals surface area (Å²) >= 11 is 0. The predicted octanol–water partition coefficient (Wildman–Crippen LogP) is 4.76. The van der Waals surface area contributed by atoms with Gasteiger partial charge in [0.15, 0.2) is 0 Å². The highest BCUT2D eigenvalue weighted by Gasteiger charge is 2.31. The average Bonchev–Trinajstić information content (AvgIpc) is 3.34. The Morgan fingerprint density at radius 1 is 1.03 bits per heavy atom. The molecule has 0 N–H and O–H groups in total. The van der Waals surface area contributed by atoms with Crippen molar-refractivity contribution in [3.8, 4) is 16.9 Å². The number of ether oxygens (including phenoxy) is 2. The van der Waals surface area contributed by atoms with E-state index in [1.807, 2.05) is 23.2 Å². The van der Waals surface area contributed by atoms with Crippen molar-refractivity contribution in [3.05, 3.63) is 60.3 Å². The fraction of sp³-hybridized carbons (Fsp3) is 0.385.